The van der Waals surface area contributed by atoms with Crippen LogP contribution in [0.2, 0.25) is 0 Å². The fraction of sp³-hybridized carbons (Fsp3) is 0.179. The highest BCUT2D eigenvalue weighted by molar-refractivity contribution is 7.16. The zero-order chi connectivity index (χ0) is 24.3. The van der Waals surface area contributed by atoms with E-state index in [1.54, 1.807) is 34.6 Å². The van der Waals surface area contributed by atoms with Crippen LogP contribution in [0.15, 0.2) is 72.4 Å². The average Bonchev–Trinajstić information content (AvgIpc) is 3.30. The van der Waals surface area contributed by atoms with Crippen molar-refractivity contribution >= 4 is 49.7 Å². The third-order valence-electron chi connectivity index (χ3n) is 7.22. The number of carbonyl (C=O) groups excluding carboxylic acids is 1. The maximum Gasteiger partial charge on any atom is 0.253 e. The van der Waals surface area contributed by atoms with Crippen molar-refractivity contribution < 1.29 is 9.18 Å². The van der Waals surface area contributed by atoms with Crippen molar-refractivity contribution in [3.05, 3.63) is 83.8 Å². The molecule has 0 aliphatic carbocycles. The summed E-state index contributed by atoms with van der Waals surface area (Å²) in [5, 5.41) is 7.61. The molecule has 178 valence electrons. The fourth-order valence-corrected chi connectivity index (χ4v) is 5.85. The lowest BCUT2D eigenvalue weighted by molar-refractivity contribution is -0.0248. The predicted molar refractivity (Wildman–Crippen MR) is 141 cm³/mol. The highest BCUT2D eigenvalue weighted by atomic mass is 32.1. The largest absolute Gasteiger partial charge is 0.355 e. The summed E-state index contributed by atoms with van der Waals surface area (Å²) in [4.78, 5) is 23.5. The zero-order valence-electron chi connectivity index (χ0n) is 19.3. The molecule has 2 aliphatic rings. The summed E-state index contributed by atoms with van der Waals surface area (Å²) in [6, 6.07) is 18.5. The molecule has 0 atom stereocenters. The Bertz CT molecular complexity index is 1650. The molecule has 36 heavy (non-hydrogen) atoms. The number of hydrogen-bond acceptors (Lipinski definition) is 6. The first-order valence-electron chi connectivity index (χ1n) is 11.9. The van der Waals surface area contributed by atoms with Gasteiger partial charge in [0.2, 0.25) is 0 Å². The second-order valence-electron chi connectivity index (χ2n) is 9.71. The van der Waals surface area contributed by atoms with Crippen molar-refractivity contribution in [2.24, 2.45) is 5.41 Å². The zero-order valence-corrected chi connectivity index (χ0v) is 20.1. The molecule has 0 unspecified atom stereocenters. The summed E-state index contributed by atoms with van der Waals surface area (Å²) in [5.41, 5.74) is 7.20. The van der Waals surface area contributed by atoms with E-state index in [-0.39, 0.29) is 11.3 Å². The lowest BCUT2D eigenvalue weighted by Gasteiger charge is -2.56. The van der Waals surface area contributed by atoms with Crippen LogP contribution in [0.1, 0.15) is 10.4 Å². The van der Waals surface area contributed by atoms with Crippen LogP contribution in [-0.4, -0.2) is 47.0 Å². The molecule has 1 amide bonds. The Kier molecular flexibility index (Phi) is 4.80. The van der Waals surface area contributed by atoms with Gasteiger partial charge in [-0.25, -0.2) is 9.37 Å². The first-order valence-corrected chi connectivity index (χ1v) is 12.7. The number of halogens is 1. The molecule has 4 heterocycles. The molecule has 5 aromatic rings. The van der Waals surface area contributed by atoms with Gasteiger partial charge >= 0.3 is 0 Å². The number of benzene rings is 3. The molecule has 1 spiro atoms. The predicted octanol–water partition coefficient (Wildman–Crippen LogP) is 5.44. The Morgan fingerprint density at radius 1 is 1.00 bits per heavy atom. The SMILES string of the molecule is O=C(c1ccc(-c2ccc3nccc(Nc4ccc5scnc5c4)c3c2)c(F)c1)N1CC2(CNC2)C1. The highest BCUT2D eigenvalue weighted by Gasteiger charge is 2.49. The quantitative estimate of drug-likeness (QED) is 0.348. The Balaban J connectivity index is 1.18. The van der Waals surface area contributed by atoms with Gasteiger partial charge in [-0.2, -0.15) is 0 Å². The van der Waals surface area contributed by atoms with Crippen LogP contribution in [0.3, 0.4) is 0 Å². The number of amides is 1. The molecule has 2 saturated heterocycles. The lowest BCUT2D eigenvalue weighted by Crippen LogP contribution is -2.71. The monoisotopic (exact) mass is 495 g/mol. The van der Waals surface area contributed by atoms with E-state index < -0.39 is 5.82 Å². The Hall–Kier alpha value is -3.88. The Labute approximate surface area is 210 Å². The number of fused-ring (bicyclic) bond motifs is 2. The minimum Gasteiger partial charge on any atom is -0.355 e. The molecule has 2 aliphatic heterocycles. The van der Waals surface area contributed by atoms with Crippen molar-refractivity contribution in [2.75, 3.05) is 31.5 Å². The molecule has 7 rings (SSSR count). The van der Waals surface area contributed by atoms with Gasteiger partial charge in [0.1, 0.15) is 5.82 Å². The number of nitrogens with one attached hydrogen (secondary N) is 2. The number of nitrogens with zero attached hydrogens (tertiary/aromatic N) is 3. The summed E-state index contributed by atoms with van der Waals surface area (Å²) < 4.78 is 16.4. The average molecular weight is 496 g/mol. The minimum atomic E-state index is -0.409. The van der Waals surface area contributed by atoms with E-state index in [1.807, 2.05) is 48.0 Å². The second-order valence-corrected chi connectivity index (χ2v) is 10.6. The topological polar surface area (TPSA) is 70.2 Å². The van der Waals surface area contributed by atoms with Crippen molar-refractivity contribution in [3.63, 3.8) is 0 Å². The van der Waals surface area contributed by atoms with E-state index in [1.165, 1.54) is 6.07 Å². The van der Waals surface area contributed by atoms with Gasteiger partial charge in [-0.3, -0.25) is 9.78 Å². The third kappa shape index (κ3) is 3.53. The molecule has 8 heteroatoms. The van der Waals surface area contributed by atoms with Crippen LogP contribution in [0.25, 0.3) is 32.2 Å². The molecule has 0 bridgehead atoms. The van der Waals surface area contributed by atoms with Gasteiger partial charge in [0, 0.05) is 65.7 Å². The molecule has 3 aromatic carbocycles. The molecule has 0 radical (unpaired) electrons. The molecule has 0 saturated carbocycles. The van der Waals surface area contributed by atoms with E-state index in [0.717, 1.165) is 64.2 Å². The number of aromatic nitrogens is 2. The Morgan fingerprint density at radius 3 is 2.69 bits per heavy atom. The van der Waals surface area contributed by atoms with Gasteiger partial charge in [-0.15, -0.1) is 11.3 Å². The van der Waals surface area contributed by atoms with Crippen molar-refractivity contribution in [1.29, 1.82) is 0 Å². The number of pyridine rings is 1. The number of rotatable bonds is 4. The van der Waals surface area contributed by atoms with Gasteiger partial charge in [-0.1, -0.05) is 12.1 Å². The van der Waals surface area contributed by atoms with Crippen molar-refractivity contribution in [2.45, 2.75) is 0 Å². The molecular formula is C28H22FN5OS. The van der Waals surface area contributed by atoms with Gasteiger partial charge in [-0.05, 0) is 54.1 Å². The van der Waals surface area contributed by atoms with Crippen molar-refractivity contribution in [3.8, 4) is 11.1 Å². The maximum atomic E-state index is 15.3. The van der Waals surface area contributed by atoms with Gasteiger partial charge in [0.15, 0.2) is 0 Å². The van der Waals surface area contributed by atoms with Crippen LogP contribution in [-0.2, 0) is 0 Å². The molecule has 2 fully saturated rings. The normalized spacial score (nSPS) is 16.2. The van der Waals surface area contributed by atoms with Crippen LogP contribution in [0.4, 0.5) is 15.8 Å². The van der Waals surface area contributed by atoms with Gasteiger partial charge in [0.25, 0.3) is 5.91 Å². The molecule has 6 nitrogen and oxygen atoms in total. The summed E-state index contributed by atoms with van der Waals surface area (Å²) in [6.07, 6.45) is 1.76. The second kappa shape index (κ2) is 8.08. The molecular weight excluding hydrogens is 473 g/mol. The van der Waals surface area contributed by atoms with Crippen molar-refractivity contribution in [1.82, 2.24) is 20.2 Å². The van der Waals surface area contributed by atoms with Crippen LogP contribution in [0, 0.1) is 11.2 Å². The number of hydrogen-bond donors (Lipinski definition) is 2. The third-order valence-corrected chi connectivity index (χ3v) is 8.03. The summed E-state index contributed by atoms with van der Waals surface area (Å²) in [5.74, 6) is -0.516. The summed E-state index contributed by atoms with van der Waals surface area (Å²) >= 11 is 1.61. The summed E-state index contributed by atoms with van der Waals surface area (Å²) in [6.45, 7) is 3.39. The molecule has 2 N–H and O–H groups in total. The first-order chi connectivity index (χ1) is 17.6. The van der Waals surface area contributed by atoms with Gasteiger partial charge < -0.3 is 15.5 Å². The van der Waals surface area contributed by atoms with Gasteiger partial charge in [0.05, 0.1) is 21.2 Å². The standard InChI is InChI=1S/C28H22FN5OS/c29-22-10-18(27(35)34-14-28(15-34)12-30-13-28)1-4-20(22)17-2-5-23-21(9-17)24(7-8-31-23)33-19-3-6-26-25(11-19)32-16-36-26/h1-11,16,30H,12-15H2,(H,31,33). The number of anilines is 2. The van der Waals surface area contributed by atoms with Crippen LogP contribution < -0.4 is 10.6 Å². The van der Waals surface area contributed by atoms with Crippen LogP contribution in [0.5, 0.6) is 0 Å². The highest BCUT2D eigenvalue weighted by Crippen LogP contribution is 2.36. The Morgan fingerprint density at radius 2 is 1.89 bits per heavy atom. The van der Waals surface area contributed by atoms with E-state index in [9.17, 15) is 4.79 Å². The van der Waals surface area contributed by atoms with E-state index >= 15 is 4.39 Å². The van der Waals surface area contributed by atoms with E-state index in [0.29, 0.717) is 11.1 Å². The molecule has 2 aromatic heterocycles. The fourth-order valence-electron chi connectivity index (χ4n) is 5.19. The summed E-state index contributed by atoms with van der Waals surface area (Å²) in [7, 11) is 0. The maximum absolute atomic E-state index is 15.3. The number of likely N-dealkylation sites (tertiary alicyclic amines) is 1. The minimum absolute atomic E-state index is 0.107. The smallest absolute Gasteiger partial charge is 0.253 e. The van der Waals surface area contributed by atoms with Crippen LogP contribution >= 0.6 is 11.3 Å². The lowest BCUT2D eigenvalue weighted by atomic mass is 9.74. The van der Waals surface area contributed by atoms with E-state index in [2.05, 4.69) is 20.6 Å². The number of carbonyl (C=O) groups is 1. The van der Waals surface area contributed by atoms with E-state index in [4.69, 9.17) is 0 Å². The first kappa shape index (κ1) is 21.4. The number of thiazole rings is 1.